The molecule has 0 unspecified atom stereocenters. The number of carboxylic acid groups (broad SMARTS) is 2. The lowest BCUT2D eigenvalue weighted by Crippen LogP contribution is -2.00. The van der Waals surface area contributed by atoms with Gasteiger partial charge >= 0.3 is 11.9 Å². The molecule has 0 aliphatic carbocycles. The molecular weight excluding hydrogens is 254 g/mol. The van der Waals surface area contributed by atoms with Gasteiger partial charge in [-0.1, -0.05) is 30.0 Å². The lowest BCUT2D eigenvalue weighted by Gasteiger charge is -1.99. The van der Waals surface area contributed by atoms with Gasteiger partial charge in [-0.2, -0.15) is 0 Å². The zero-order chi connectivity index (χ0) is 13.1. The van der Waals surface area contributed by atoms with Crippen LogP contribution in [0.1, 0.15) is 0 Å². The first-order valence-corrected chi connectivity index (χ1v) is 5.81. The van der Waals surface area contributed by atoms with Gasteiger partial charge in [0.1, 0.15) is 4.91 Å². The van der Waals surface area contributed by atoms with Crippen LogP contribution in [0.2, 0.25) is 0 Å². The summed E-state index contributed by atoms with van der Waals surface area (Å²) in [7, 11) is 0. The van der Waals surface area contributed by atoms with Gasteiger partial charge in [-0.05, 0) is 6.07 Å². The Kier molecular flexibility index (Phi) is 3.38. The van der Waals surface area contributed by atoms with Crippen molar-refractivity contribution in [3.05, 3.63) is 41.4 Å². The first-order valence-electron chi connectivity index (χ1n) is 5.00. The fraction of sp³-hybridized carbons (Fsp3) is 0. The molecule has 0 spiro atoms. The minimum Gasteiger partial charge on any atom is -0.478 e. The Morgan fingerprint density at radius 3 is 2.61 bits per heavy atom. The molecular formula is C12H9NO4S. The van der Waals surface area contributed by atoms with E-state index >= 15 is 0 Å². The highest BCUT2D eigenvalue weighted by atomic mass is 32.2. The zero-order valence-corrected chi connectivity index (χ0v) is 9.90. The quantitative estimate of drug-likeness (QED) is 0.581. The van der Waals surface area contributed by atoms with Crippen LogP contribution < -0.4 is 0 Å². The van der Waals surface area contributed by atoms with Crippen molar-refractivity contribution < 1.29 is 19.8 Å². The predicted molar refractivity (Wildman–Crippen MR) is 67.5 cm³/mol. The van der Waals surface area contributed by atoms with Crippen LogP contribution in [0.4, 0.5) is 0 Å². The number of aromatic amines is 1. The van der Waals surface area contributed by atoms with E-state index in [1.807, 2.05) is 24.3 Å². The van der Waals surface area contributed by atoms with Crippen LogP contribution in [0.3, 0.4) is 0 Å². The minimum atomic E-state index is -1.28. The van der Waals surface area contributed by atoms with Gasteiger partial charge in [0, 0.05) is 28.1 Å². The van der Waals surface area contributed by atoms with Crippen molar-refractivity contribution in [2.45, 2.75) is 4.90 Å². The highest BCUT2D eigenvalue weighted by Crippen LogP contribution is 2.32. The molecule has 0 amide bonds. The minimum absolute atomic E-state index is 0.229. The number of nitrogens with one attached hydrogen (secondary N) is 1. The monoisotopic (exact) mass is 263 g/mol. The average molecular weight is 263 g/mol. The van der Waals surface area contributed by atoms with E-state index in [1.54, 1.807) is 6.20 Å². The highest BCUT2D eigenvalue weighted by Gasteiger charge is 2.14. The van der Waals surface area contributed by atoms with Crippen LogP contribution in [0.15, 0.2) is 46.3 Å². The summed E-state index contributed by atoms with van der Waals surface area (Å²) in [5, 5.41) is 18.4. The average Bonchev–Trinajstić information content (AvgIpc) is 2.71. The first-order chi connectivity index (χ1) is 8.58. The molecule has 0 fully saturated rings. The van der Waals surface area contributed by atoms with Gasteiger partial charge < -0.3 is 15.2 Å². The molecule has 0 aliphatic rings. The van der Waals surface area contributed by atoms with Crippen molar-refractivity contribution >= 4 is 34.6 Å². The van der Waals surface area contributed by atoms with Crippen LogP contribution in [0.25, 0.3) is 10.9 Å². The van der Waals surface area contributed by atoms with Crippen LogP contribution in [0, 0.1) is 0 Å². The summed E-state index contributed by atoms with van der Waals surface area (Å²) in [6, 6.07) is 7.40. The lowest BCUT2D eigenvalue weighted by atomic mass is 10.2. The summed E-state index contributed by atoms with van der Waals surface area (Å²) in [5.74, 6) is -2.53. The molecule has 0 bridgehead atoms. The summed E-state index contributed by atoms with van der Waals surface area (Å²) in [6.45, 7) is 0. The number of hydrogen-bond acceptors (Lipinski definition) is 3. The Labute approximate surface area is 106 Å². The molecule has 2 rings (SSSR count). The molecule has 6 heteroatoms. The van der Waals surface area contributed by atoms with Crippen molar-refractivity contribution in [3.8, 4) is 0 Å². The van der Waals surface area contributed by atoms with Gasteiger partial charge in [0.15, 0.2) is 0 Å². The molecule has 0 atom stereocenters. The van der Waals surface area contributed by atoms with E-state index in [4.69, 9.17) is 10.2 Å². The van der Waals surface area contributed by atoms with Crippen molar-refractivity contribution in [2.75, 3.05) is 0 Å². The number of benzene rings is 1. The predicted octanol–water partition coefficient (Wildman–Crippen LogP) is 2.31. The van der Waals surface area contributed by atoms with Crippen molar-refractivity contribution in [1.29, 1.82) is 0 Å². The van der Waals surface area contributed by atoms with Crippen LogP contribution in [-0.4, -0.2) is 27.1 Å². The van der Waals surface area contributed by atoms with E-state index in [0.29, 0.717) is 11.0 Å². The smallest absolute Gasteiger partial charge is 0.342 e. The largest absolute Gasteiger partial charge is 0.478 e. The van der Waals surface area contributed by atoms with Crippen molar-refractivity contribution in [1.82, 2.24) is 4.98 Å². The number of H-pyrrole nitrogens is 1. The molecule has 1 aromatic carbocycles. The molecule has 1 aromatic heterocycles. The van der Waals surface area contributed by atoms with Gasteiger partial charge in [-0.25, -0.2) is 9.59 Å². The van der Waals surface area contributed by atoms with Crippen molar-refractivity contribution in [2.24, 2.45) is 0 Å². The van der Waals surface area contributed by atoms with Crippen LogP contribution >= 0.6 is 11.8 Å². The number of para-hydroxylation sites is 1. The summed E-state index contributed by atoms with van der Waals surface area (Å²) in [4.78, 5) is 24.9. The van der Waals surface area contributed by atoms with E-state index in [-0.39, 0.29) is 4.91 Å². The third-order valence-corrected chi connectivity index (χ3v) is 3.31. The molecule has 0 radical (unpaired) electrons. The van der Waals surface area contributed by atoms with E-state index in [1.165, 1.54) is 0 Å². The maximum absolute atomic E-state index is 10.9. The van der Waals surface area contributed by atoms with E-state index in [9.17, 15) is 9.59 Å². The van der Waals surface area contributed by atoms with Gasteiger partial charge in [0.2, 0.25) is 0 Å². The number of thioether (sulfide) groups is 1. The normalized spacial score (nSPS) is 11.7. The highest BCUT2D eigenvalue weighted by molar-refractivity contribution is 8.04. The van der Waals surface area contributed by atoms with Crippen molar-refractivity contribution in [3.63, 3.8) is 0 Å². The summed E-state index contributed by atoms with van der Waals surface area (Å²) in [6.07, 6.45) is 2.35. The van der Waals surface area contributed by atoms with Gasteiger partial charge in [0.05, 0.1) is 0 Å². The molecule has 3 N–H and O–H groups in total. The molecule has 18 heavy (non-hydrogen) atoms. The summed E-state index contributed by atoms with van der Waals surface area (Å²) < 4.78 is 0. The molecule has 92 valence electrons. The topological polar surface area (TPSA) is 90.4 Å². The van der Waals surface area contributed by atoms with Crippen LogP contribution in [0.5, 0.6) is 0 Å². The zero-order valence-electron chi connectivity index (χ0n) is 9.08. The SMILES string of the molecule is O=C(O)/C=C(\Sc1c[nH]c2ccccc12)C(=O)O. The molecule has 1 heterocycles. The molecule has 0 aliphatic heterocycles. The number of fused-ring (bicyclic) bond motifs is 1. The van der Waals surface area contributed by atoms with E-state index in [2.05, 4.69) is 4.98 Å². The van der Waals surface area contributed by atoms with Gasteiger partial charge in [0.25, 0.3) is 0 Å². The second-order valence-electron chi connectivity index (χ2n) is 3.45. The Bertz CT molecular complexity index is 644. The van der Waals surface area contributed by atoms with Gasteiger partial charge in [-0.15, -0.1) is 0 Å². The molecule has 2 aromatic rings. The standard InChI is InChI=1S/C12H9NO4S/c14-11(15)5-9(12(16)17)18-10-6-13-8-4-2-1-3-7(8)10/h1-6,13H,(H,14,15)(H,16,17)/b9-5-. The Morgan fingerprint density at radius 2 is 1.94 bits per heavy atom. The Hall–Kier alpha value is -2.21. The van der Waals surface area contributed by atoms with E-state index < -0.39 is 11.9 Å². The number of hydrogen-bond donors (Lipinski definition) is 3. The maximum Gasteiger partial charge on any atom is 0.342 e. The van der Waals surface area contributed by atoms with Gasteiger partial charge in [-0.3, -0.25) is 0 Å². The third-order valence-electron chi connectivity index (χ3n) is 2.24. The third kappa shape index (κ3) is 2.54. The fourth-order valence-electron chi connectivity index (χ4n) is 1.49. The number of carbonyl (C=O) groups is 2. The molecule has 0 saturated carbocycles. The summed E-state index contributed by atoms with van der Waals surface area (Å²) >= 11 is 0.911. The molecule has 5 nitrogen and oxygen atoms in total. The molecule has 0 saturated heterocycles. The maximum atomic E-state index is 10.9. The van der Waals surface area contributed by atoms with E-state index in [0.717, 1.165) is 22.7 Å². The second kappa shape index (κ2) is 4.97. The van der Waals surface area contributed by atoms with Crippen LogP contribution in [-0.2, 0) is 9.59 Å². The number of aliphatic carboxylic acids is 2. The first kappa shape index (κ1) is 12.3. The summed E-state index contributed by atoms with van der Waals surface area (Å²) in [5.41, 5.74) is 0.875. The number of carboxylic acids is 2. The number of aromatic nitrogens is 1. The number of rotatable bonds is 4. The lowest BCUT2D eigenvalue weighted by molar-refractivity contribution is -0.134. The second-order valence-corrected chi connectivity index (χ2v) is 4.54. The fourth-order valence-corrected chi connectivity index (χ4v) is 2.38. The Morgan fingerprint density at radius 1 is 1.22 bits per heavy atom. The Balaban J connectivity index is 2.38.